The summed E-state index contributed by atoms with van der Waals surface area (Å²) in [5.74, 6) is 0.432. The molecule has 0 atom stereocenters. The van der Waals surface area contributed by atoms with E-state index in [0.29, 0.717) is 11.4 Å². The molecular weight excluding hydrogens is 596 g/mol. The Hall–Kier alpha value is -4.72. The summed E-state index contributed by atoms with van der Waals surface area (Å²) in [4.78, 5) is 3.07. The maximum atomic E-state index is 10.9. The third kappa shape index (κ3) is 7.53. The van der Waals surface area contributed by atoms with E-state index in [2.05, 4.69) is 103 Å². The maximum Gasteiger partial charge on any atom is 0.146 e. The highest BCUT2D eigenvalue weighted by molar-refractivity contribution is 5.74. The maximum absolute atomic E-state index is 10.9. The lowest BCUT2D eigenvalue weighted by molar-refractivity contribution is 0.284. The van der Waals surface area contributed by atoms with Gasteiger partial charge >= 0.3 is 0 Å². The second-order valence-electron chi connectivity index (χ2n) is 16.7. The van der Waals surface area contributed by atoms with Crippen LogP contribution < -0.4 is 0 Å². The van der Waals surface area contributed by atoms with Crippen molar-refractivity contribution in [1.29, 1.82) is 0 Å². The highest BCUT2D eigenvalue weighted by Gasteiger charge is 2.29. The zero-order valence-electron chi connectivity index (χ0n) is 30.3. The van der Waals surface area contributed by atoms with Crippen LogP contribution in [0, 0.1) is 5.41 Å². The highest BCUT2D eigenvalue weighted by atomic mass is 16.3. The second kappa shape index (κ2) is 12.4. The summed E-state index contributed by atoms with van der Waals surface area (Å²) in [7, 11) is 0. The lowest BCUT2D eigenvalue weighted by Gasteiger charge is -2.33. The Labute approximate surface area is 284 Å². The number of hydrogen-bond acceptors (Lipinski definition) is 6. The molecule has 0 saturated heterocycles. The number of nitrogens with zero attached hydrogens (tertiary/aromatic N) is 6. The van der Waals surface area contributed by atoms with E-state index in [1.165, 1.54) is 10.4 Å². The third-order valence-electron chi connectivity index (χ3n) is 8.50. The number of aromatic hydroxyl groups is 2. The molecule has 2 N–H and O–H groups in total. The summed E-state index contributed by atoms with van der Waals surface area (Å²) in [5.41, 5.74) is 7.75. The highest BCUT2D eigenvalue weighted by Crippen LogP contribution is 2.40. The number of rotatable bonds is 4. The Morgan fingerprint density at radius 2 is 0.958 bits per heavy atom. The first kappa shape index (κ1) is 34.6. The van der Waals surface area contributed by atoms with Crippen LogP contribution in [0.1, 0.15) is 99.3 Å². The Balaban J connectivity index is 0.000000188. The van der Waals surface area contributed by atoms with Gasteiger partial charge in [-0.1, -0.05) is 113 Å². The smallest absolute Gasteiger partial charge is 0.146 e. The van der Waals surface area contributed by atoms with Crippen LogP contribution in [-0.4, -0.2) is 40.2 Å². The zero-order valence-corrected chi connectivity index (χ0v) is 30.3. The quantitative estimate of drug-likeness (QED) is 0.198. The van der Waals surface area contributed by atoms with Crippen molar-refractivity contribution < 1.29 is 10.2 Å². The number of hydrogen-bond donors (Lipinski definition) is 2. The topological polar surface area (TPSA) is 102 Å². The molecule has 2 heterocycles. The summed E-state index contributed by atoms with van der Waals surface area (Å²) >= 11 is 0. The molecule has 0 aliphatic carbocycles. The fourth-order valence-electron chi connectivity index (χ4n) is 6.24. The molecule has 0 spiro atoms. The molecule has 0 fully saturated rings. The van der Waals surface area contributed by atoms with Gasteiger partial charge in [0.05, 0.1) is 0 Å². The van der Waals surface area contributed by atoms with Gasteiger partial charge in [-0.25, -0.2) is 0 Å². The standard InChI is InChI=1S/2C20H25N3O/c1-19(2,3)13-11-14(20(4,5)6)18(24)17(12-13)23-21-15-9-7-8-10-16(15)22-23;1-19(2,3)13-20(4,5)14-10-11-18(24)17(12-14)23-21-15-8-6-7-9-16(15)22-23/h7-12,24H,1-6H3;6-12,24H,13H2,1-5H3. The van der Waals surface area contributed by atoms with Gasteiger partial charge in [0.15, 0.2) is 0 Å². The van der Waals surface area contributed by atoms with Crippen LogP contribution in [0.2, 0.25) is 0 Å². The van der Waals surface area contributed by atoms with Crippen molar-refractivity contribution >= 4 is 22.1 Å². The van der Waals surface area contributed by atoms with E-state index in [1.807, 2.05) is 66.7 Å². The fraction of sp³-hybridized carbons (Fsp3) is 0.400. The van der Waals surface area contributed by atoms with Gasteiger partial charge in [0.1, 0.15) is 44.9 Å². The van der Waals surface area contributed by atoms with Crippen LogP contribution in [0.4, 0.5) is 0 Å². The molecule has 0 radical (unpaired) electrons. The van der Waals surface area contributed by atoms with E-state index >= 15 is 0 Å². The van der Waals surface area contributed by atoms with E-state index in [0.717, 1.165) is 39.6 Å². The summed E-state index contributed by atoms with van der Waals surface area (Å²) in [5, 5.41) is 39.2. The molecule has 8 nitrogen and oxygen atoms in total. The molecule has 8 heteroatoms. The number of phenolic OH excluding ortho intramolecular Hbond substituents is 2. The van der Waals surface area contributed by atoms with Crippen molar-refractivity contribution in [2.75, 3.05) is 0 Å². The monoisotopic (exact) mass is 646 g/mol. The molecule has 48 heavy (non-hydrogen) atoms. The molecule has 0 bridgehead atoms. The second-order valence-corrected chi connectivity index (χ2v) is 16.7. The normalized spacial score (nSPS) is 12.7. The van der Waals surface area contributed by atoms with Crippen LogP contribution in [0.5, 0.6) is 11.5 Å². The Bertz CT molecular complexity index is 2000. The molecular formula is C40H50N6O2. The minimum Gasteiger partial charge on any atom is -0.506 e. The number of fused-ring (bicyclic) bond motifs is 2. The van der Waals surface area contributed by atoms with Crippen molar-refractivity contribution in [2.24, 2.45) is 5.41 Å². The van der Waals surface area contributed by atoms with Gasteiger partial charge in [0.2, 0.25) is 0 Å². The minimum absolute atomic E-state index is 0.00667. The summed E-state index contributed by atoms with van der Waals surface area (Å²) in [6.07, 6.45) is 1.04. The van der Waals surface area contributed by atoms with Crippen molar-refractivity contribution in [1.82, 2.24) is 30.0 Å². The van der Waals surface area contributed by atoms with Crippen molar-refractivity contribution in [3.63, 3.8) is 0 Å². The van der Waals surface area contributed by atoms with Gasteiger partial charge in [-0.05, 0) is 81.7 Å². The van der Waals surface area contributed by atoms with Crippen molar-refractivity contribution in [3.05, 3.63) is 95.6 Å². The van der Waals surface area contributed by atoms with Crippen molar-refractivity contribution in [2.45, 2.75) is 98.8 Å². The predicted octanol–water partition coefficient (Wildman–Crippen LogP) is 9.56. The third-order valence-corrected chi connectivity index (χ3v) is 8.50. The molecule has 0 unspecified atom stereocenters. The average Bonchev–Trinajstić information content (AvgIpc) is 3.60. The summed E-state index contributed by atoms with van der Waals surface area (Å²) in [6, 6.07) is 25.3. The van der Waals surface area contributed by atoms with E-state index in [4.69, 9.17) is 0 Å². The average molecular weight is 647 g/mol. The van der Waals surface area contributed by atoms with E-state index in [1.54, 1.807) is 10.9 Å². The van der Waals surface area contributed by atoms with Crippen LogP contribution >= 0.6 is 0 Å². The minimum atomic E-state index is -0.174. The molecule has 252 valence electrons. The van der Waals surface area contributed by atoms with Crippen LogP contribution in [0.3, 0.4) is 0 Å². The van der Waals surface area contributed by atoms with Gasteiger partial charge in [-0.15, -0.1) is 30.0 Å². The molecule has 0 saturated carbocycles. The van der Waals surface area contributed by atoms with Crippen LogP contribution in [0.15, 0.2) is 78.9 Å². The Morgan fingerprint density at radius 3 is 1.38 bits per heavy atom. The Kier molecular flexibility index (Phi) is 8.93. The zero-order chi connectivity index (χ0) is 35.2. The first-order valence-corrected chi connectivity index (χ1v) is 16.6. The van der Waals surface area contributed by atoms with Gasteiger partial charge < -0.3 is 10.2 Å². The lowest BCUT2D eigenvalue weighted by Crippen LogP contribution is -2.25. The Morgan fingerprint density at radius 1 is 0.521 bits per heavy atom. The molecule has 6 aromatic rings. The molecule has 2 aromatic heterocycles. The molecule has 6 rings (SSSR count). The molecule has 0 aliphatic rings. The molecule has 4 aromatic carbocycles. The van der Waals surface area contributed by atoms with Crippen molar-refractivity contribution in [3.8, 4) is 22.9 Å². The first-order chi connectivity index (χ1) is 22.2. The first-order valence-electron chi connectivity index (χ1n) is 16.6. The lowest BCUT2D eigenvalue weighted by atomic mass is 9.72. The molecule has 0 aliphatic heterocycles. The largest absolute Gasteiger partial charge is 0.506 e. The van der Waals surface area contributed by atoms with Gasteiger partial charge in [0, 0.05) is 5.56 Å². The fourth-order valence-corrected chi connectivity index (χ4v) is 6.24. The predicted molar refractivity (Wildman–Crippen MR) is 196 cm³/mol. The van der Waals surface area contributed by atoms with E-state index < -0.39 is 0 Å². The van der Waals surface area contributed by atoms with Gasteiger partial charge in [0.25, 0.3) is 0 Å². The number of aromatic nitrogens is 6. The summed E-state index contributed by atoms with van der Waals surface area (Å²) in [6.45, 7) is 24.0. The number of benzene rings is 4. The van der Waals surface area contributed by atoms with Gasteiger partial charge in [-0.2, -0.15) is 0 Å². The van der Waals surface area contributed by atoms with Crippen LogP contribution in [-0.2, 0) is 16.2 Å². The SMILES string of the molecule is CC(C)(C)CC(C)(C)c1ccc(O)c(-n2nc3ccccc3n2)c1.CC(C)(C)c1cc(-n2nc3ccccc3n2)c(O)c(C(C)(C)C)c1. The summed E-state index contributed by atoms with van der Waals surface area (Å²) < 4.78 is 0. The molecule has 0 amide bonds. The van der Waals surface area contributed by atoms with Gasteiger partial charge in [-0.3, -0.25) is 0 Å². The number of phenols is 2. The van der Waals surface area contributed by atoms with Crippen LogP contribution in [0.25, 0.3) is 33.4 Å². The van der Waals surface area contributed by atoms with E-state index in [9.17, 15) is 10.2 Å². The van der Waals surface area contributed by atoms with E-state index in [-0.39, 0.29) is 33.2 Å².